The molecule has 0 saturated heterocycles. The standard InChI is InChI=1S/C10H15BrN4/c1-2-15(5-7-3-4-7)10-8(11)9(12)13-6-14-10/h6-7H,2-5H2,1H3,(H2,12,13,14). The second-order valence-corrected chi connectivity index (χ2v) is 4.67. The number of hydrogen-bond acceptors (Lipinski definition) is 4. The van der Waals surface area contributed by atoms with Crippen molar-refractivity contribution in [2.75, 3.05) is 23.7 Å². The summed E-state index contributed by atoms with van der Waals surface area (Å²) in [5.41, 5.74) is 5.73. The number of hydrogen-bond donors (Lipinski definition) is 1. The Hall–Kier alpha value is -0.840. The van der Waals surface area contributed by atoms with E-state index in [0.717, 1.165) is 29.3 Å². The zero-order chi connectivity index (χ0) is 10.8. The monoisotopic (exact) mass is 270 g/mol. The SMILES string of the molecule is CCN(CC1CC1)c1ncnc(N)c1Br. The summed E-state index contributed by atoms with van der Waals surface area (Å²) in [5.74, 6) is 2.26. The van der Waals surface area contributed by atoms with Gasteiger partial charge >= 0.3 is 0 Å². The van der Waals surface area contributed by atoms with E-state index in [9.17, 15) is 0 Å². The highest BCUT2D eigenvalue weighted by atomic mass is 79.9. The molecule has 4 nitrogen and oxygen atoms in total. The van der Waals surface area contributed by atoms with Crippen molar-refractivity contribution in [3.05, 3.63) is 10.8 Å². The first kappa shape index (κ1) is 10.7. The normalized spacial score (nSPS) is 15.3. The van der Waals surface area contributed by atoms with Crippen LogP contribution in [0.5, 0.6) is 0 Å². The topological polar surface area (TPSA) is 55.0 Å². The highest BCUT2D eigenvalue weighted by Gasteiger charge is 2.25. The van der Waals surface area contributed by atoms with Crippen LogP contribution in [-0.4, -0.2) is 23.1 Å². The molecule has 15 heavy (non-hydrogen) atoms. The zero-order valence-corrected chi connectivity index (χ0v) is 10.4. The molecule has 1 aromatic heterocycles. The molecule has 0 aliphatic heterocycles. The summed E-state index contributed by atoms with van der Waals surface area (Å²) in [6.07, 6.45) is 4.20. The predicted octanol–water partition coefficient (Wildman–Crippen LogP) is 2.06. The van der Waals surface area contributed by atoms with Gasteiger partial charge in [-0.1, -0.05) is 0 Å². The van der Waals surface area contributed by atoms with Crippen LogP contribution in [-0.2, 0) is 0 Å². The van der Waals surface area contributed by atoms with Crippen LogP contribution in [0, 0.1) is 5.92 Å². The summed E-state index contributed by atoms with van der Waals surface area (Å²) >= 11 is 3.44. The predicted molar refractivity (Wildman–Crippen MR) is 64.8 cm³/mol. The van der Waals surface area contributed by atoms with E-state index in [-0.39, 0.29) is 0 Å². The van der Waals surface area contributed by atoms with Crippen molar-refractivity contribution in [1.29, 1.82) is 0 Å². The molecule has 1 aliphatic carbocycles. The number of halogens is 1. The Balaban J connectivity index is 2.20. The average Bonchev–Trinajstić information content (AvgIpc) is 3.03. The van der Waals surface area contributed by atoms with Gasteiger partial charge in [-0.15, -0.1) is 0 Å². The zero-order valence-electron chi connectivity index (χ0n) is 8.78. The van der Waals surface area contributed by atoms with Gasteiger partial charge in [-0.25, -0.2) is 9.97 Å². The summed E-state index contributed by atoms with van der Waals surface area (Å²) in [7, 11) is 0. The van der Waals surface area contributed by atoms with Crippen LogP contribution < -0.4 is 10.6 Å². The van der Waals surface area contributed by atoms with Gasteiger partial charge in [-0.05, 0) is 41.6 Å². The lowest BCUT2D eigenvalue weighted by Gasteiger charge is -2.22. The molecule has 2 N–H and O–H groups in total. The van der Waals surface area contributed by atoms with Gasteiger partial charge in [0, 0.05) is 13.1 Å². The number of nitrogen functional groups attached to an aromatic ring is 1. The maximum atomic E-state index is 5.73. The highest BCUT2D eigenvalue weighted by molar-refractivity contribution is 9.10. The summed E-state index contributed by atoms with van der Waals surface area (Å²) in [4.78, 5) is 10.5. The van der Waals surface area contributed by atoms with Crippen LogP contribution >= 0.6 is 15.9 Å². The molecular formula is C10H15BrN4. The van der Waals surface area contributed by atoms with Gasteiger partial charge in [0.1, 0.15) is 22.4 Å². The molecule has 1 heterocycles. The van der Waals surface area contributed by atoms with Crippen molar-refractivity contribution < 1.29 is 0 Å². The van der Waals surface area contributed by atoms with Crippen molar-refractivity contribution >= 4 is 27.6 Å². The van der Waals surface area contributed by atoms with Crippen molar-refractivity contribution in [1.82, 2.24) is 9.97 Å². The lowest BCUT2D eigenvalue weighted by atomic mass is 10.3. The Morgan fingerprint density at radius 3 is 2.87 bits per heavy atom. The fraction of sp³-hybridized carbons (Fsp3) is 0.600. The number of nitrogens with zero attached hydrogens (tertiary/aromatic N) is 3. The number of rotatable bonds is 4. The largest absolute Gasteiger partial charge is 0.383 e. The van der Waals surface area contributed by atoms with Crippen LogP contribution in [0.2, 0.25) is 0 Å². The molecule has 5 heteroatoms. The van der Waals surface area contributed by atoms with E-state index >= 15 is 0 Å². The summed E-state index contributed by atoms with van der Waals surface area (Å²) < 4.78 is 0.813. The van der Waals surface area contributed by atoms with E-state index in [2.05, 4.69) is 37.7 Å². The molecule has 2 rings (SSSR count). The van der Waals surface area contributed by atoms with Gasteiger partial charge in [0.05, 0.1) is 0 Å². The van der Waals surface area contributed by atoms with E-state index in [1.54, 1.807) is 0 Å². The number of nitrogens with two attached hydrogens (primary N) is 1. The minimum atomic E-state index is 0.509. The molecule has 1 saturated carbocycles. The number of anilines is 2. The van der Waals surface area contributed by atoms with Gasteiger partial charge < -0.3 is 10.6 Å². The third-order valence-corrected chi connectivity index (χ3v) is 3.42. The van der Waals surface area contributed by atoms with E-state index in [0.29, 0.717) is 5.82 Å². The molecule has 0 atom stereocenters. The van der Waals surface area contributed by atoms with Crippen molar-refractivity contribution in [3.63, 3.8) is 0 Å². The van der Waals surface area contributed by atoms with E-state index in [1.807, 2.05) is 0 Å². The Kier molecular flexibility index (Phi) is 3.09. The van der Waals surface area contributed by atoms with E-state index in [4.69, 9.17) is 5.73 Å². The molecule has 1 aliphatic rings. The maximum absolute atomic E-state index is 5.73. The molecule has 1 fully saturated rings. The smallest absolute Gasteiger partial charge is 0.148 e. The van der Waals surface area contributed by atoms with Crippen LogP contribution in [0.3, 0.4) is 0 Å². The highest BCUT2D eigenvalue weighted by Crippen LogP contribution is 2.33. The molecule has 0 amide bonds. The molecule has 0 aromatic carbocycles. The van der Waals surface area contributed by atoms with Crippen molar-refractivity contribution in [2.24, 2.45) is 5.92 Å². The van der Waals surface area contributed by atoms with Crippen molar-refractivity contribution in [3.8, 4) is 0 Å². The third-order valence-electron chi connectivity index (χ3n) is 2.65. The molecule has 0 spiro atoms. The minimum absolute atomic E-state index is 0.509. The average molecular weight is 271 g/mol. The fourth-order valence-electron chi connectivity index (χ4n) is 1.57. The van der Waals surface area contributed by atoms with Crippen LogP contribution in [0.15, 0.2) is 10.8 Å². The molecule has 82 valence electrons. The second-order valence-electron chi connectivity index (χ2n) is 3.88. The van der Waals surface area contributed by atoms with Crippen molar-refractivity contribution in [2.45, 2.75) is 19.8 Å². The molecule has 0 radical (unpaired) electrons. The molecule has 0 bridgehead atoms. The van der Waals surface area contributed by atoms with Gasteiger partial charge in [0.25, 0.3) is 0 Å². The Morgan fingerprint density at radius 2 is 2.27 bits per heavy atom. The second kappa shape index (κ2) is 4.35. The van der Waals surface area contributed by atoms with Gasteiger partial charge in [0.2, 0.25) is 0 Å². The molecule has 1 aromatic rings. The summed E-state index contributed by atoms with van der Waals surface area (Å²) in [6, 6.07) is 0. The first-order chi connectivity index (χ1) is 7.22. The lowest BCUT2D eigenvalue weighted by Crippen LogP contribution is -2.26. The Bertz CT molecular complexity index is 351. The summed E-state index contributed by atoms with van der Waals surface area (Å²) in [5, 5.41) is 0. The van der Waals surface area contributed by atoms with Gasteiger partial charge in [-0.3, -0.25) is 0 Å². The first-order valence-electron chi connectivity index (χ1n) is 5.23. The first-order valence-corrected chi connectivity index (χ1v) is 6.02. The Labute approximate surface area is 98.0 Å². The summed E-state index contributed by atoms with van der Waals surface area (Å²) in [6.45, 7) is 4.16. The Morgan fingerprint density at radius 1 is 1.53 bits per heavy atom. The van der Waals surface area contributed by atoms with Gasteiger partial charge in [-0.2, -0.15) is 0 Å². The van der Waals surface area contributed by atoms with E-state index in [1.165, 1.54) is 19.2 Å². The minimum Gasteiger partial charge on any atom is -0.383 e. The molecular weight excluding hydrogens is 256 g/mol. The third kappa shape index (κ3) is 2.40. The number of aromatic nitrogens is 2. The lowest BCUT2D eigenvalue weighted by molar-refractivity contribution is 0.729. The fourth-order valence-corrected chi connectivity index (χ4v) is 2.03. The maximum Gasteiger partial charge on any atom is 0.148 e. The van der Waals surface area contributed by atoms with E-state index < -0.39 is 0 Å². The van der Waals surface area contributed by atoms with Gasteiger partial charge in [0.15, 0.2) is 0 Å². The van der Waals surface area contributed by atoms with Crippen LogP contribution in [0.4, 0.5) is 11.6 Å². The molecule has 0 unspecified atom stereocenters. The van der Waals surface area contributed by atoms with Crippen LogP contribution in [0.25, 0.3) is 0 Å². The quantitative estimate of drug-likeness (QED) is 0.910. The van der Waals surface area contributed by atoms with Crippen LogP contribution in [0.1, 0.15) is 19.8 Å².